The number of hydrogen-bond acceptors (Lipinski definition) is 4. The van der Waals surface area contributed by atoms with E-state index in [9.17, 15) is 10.1 Å². The lowest BCUT2D eigenvalue weighted by Gasteiger charge is -2.15. The molecule has 2 rings (SSSR count). The lowest BCUT2D eigenvalue weighted by atomic mass is 10.2. The molecular weight excluding hydrogens is 294 g/mol. The normalized spacial score (nSPS) is 12.5. The zero-order valence-electron chi connectivity index (χ0n) is 13.8. The van der Waals surface area contributed by atoms with Crippen molar-refractivity contribution in [2.75, 3.05) is 0 Å². The van der Waals surface area contributed by atoms with Crippen LogP contribution in [-0.4, -0.2) is 20.6 Å². The van der Waals surface area contributed by atoms with Crippen molar-refractivity contribution >= 4 is 5.69 Å². The minimum Gasteiger partial charge on any atom is -0.373 e. The summed E-state index contributed by atoms with van der Waals surface area (Å²) in [4.78, 5) is 14.6. The van der Waals surface area contributed by atoms with Gasteiger partial charge in [-0.15, -0.1) is 0 Å². The van der Waals surface area contributed by atoms with Crippen molar-refractivity contribution < 1.29 is 9.66 Å². The van der Waals surface area contributed by atoms with Crippen LogP contribution in [-0.2, 0) is 24.3 Å². The van der Waals surface area contributed by atoms with Gasteiger partial charge in [0.05, 0.1) is 17.6 Å². The van der Waals surface area contributed by atoms with Gasteiger partial charge in [-0.3, -0.25) is 10.1 Å². The van der Waals surface area contributed by atoms with Crippen molar-refractivity contribution in [2.24, 2.45) is 5.92 Å². The van der Waals surface area contributed by atoms with Gasteiger partial charge in [0.1, 0.15) is 5.82 Å². The molecule has 1 aromatic heterocycles. The number of nitro benzene ring substituents is 1. The van der Waals surface area contributed by atoms with E-state index in [4.69, 9.17) is 4.74 Å². The Hall–Kier alpha value is -2.21. The van der Waals surface area contributed by atoms with Crippen molar-refractivity contribution in [3.8, 4) is 0 Å². The fraction of sp³-hybridized carbons (Fsp3) is 0.471. The molecule has 0 aliphatic rings. The van der Waals surface area contributed by atoms with Gasteiger partial charge in [0.15, 0.2) is 0 Å². The molecule has 23 heavy (non-hydrogen) atoms. The Labute approximate surface area is 136 Å². The topological polar surface area (TPSA) is 70.2 Å². The maximum atomic E-state index is 10.6. The van der Waals surface area contributed by atoms with E-state index in [0.29, 0.717) is 12.5 Å². The molecule has 0 N–H and O–H groups in total. The van der Waals surface area contributed by atoms with Crippen molar-refractivity contribution in [2.45, 2.75) is 46.4 Å². The van der Waals surface area contributed by atoms with E-state index in [1.165, 1.54) is 12.1 Å². The number of ether oxygens (including phenoxy) is 1. The summed E-state index contributed by atoms with van der Waals surface area (Å²) < 4.78 is 8.00. The van der Waals surface area contributed by atoms with Crippen LogP contribution in [0.1, 0.15) is 32.2 Å². The highest BCUT2D eigenvalue weighted by molar-refractivity contribution is 5.32. The molecule has 0 fully saturated rings. The fourth-order valence-electron chi connectivity index (χ4n) is 2.36. The highest BCUT2D eigenvalue weighted by Gasteiger charge is 2.11. The van der Waals surface area contributed by atoms with Gasteiger partial charge in [0, 0.05) is 37.5 Å². The average molecular weight is 317 g/mol. The molecule has 0 radical (unpaired) electrons. The summed E-state index contributed by atoms with van der Waals surface area (Å²) in [6.07, 6.45) is 4.59. The quantitative estimate of drug-likeness (QED) is 0.551. The molecule has 0 aliphatic heterocycles. The van der Waals surface area contributed by atoms with E-state index >= 15 is 0 Å². The molecule has 1 heterocycles. The van der Waals surface area contributed by atoms with Gasteiger partial charge in [-0.2, -0.15) is 0 Å². The molecule has 0 saturated heterocycles. The number of hydrogen-bond donors (Lipinski definition) is 0. The van der Waals surface area contributed by atoms with Gasteiger partial charge < -0.3 is 9.30 Å². The van der Waals surface area contributed by atoms with E-state index in [1.807, 2.05) is 19.3 Å². The highest BCUT2D eigenvalue weighted by Crippen LogP contribution is 2.14. The van der Waals surface area contributed by atoms with E-state index in [0.717, 1.165) is 24.4 Å². The van der Waals surface area contributed by atoms with Crippen molar-refractivity contribution in [3.05, 3.63) is 58.2 Å². The standard InChI is InChI=1S/C17H23N3O3/c1-13(2)11-19-9-8-18-17(19)10-14(3)23-12-15-4-6-16(7-5-15)20(21)22/h4-9,13-14H,10-12H2,1-3H3. The minimum absolute atomic E-state index is 0.0264. The minimum atomic E-state index is -0.401. The number of aromatic nitrogens is 2. The Morgan fingerprint density at radius 1 is 1.26 bits per heavy atom. The first-order valence-electron chi connectivity index (χ1n) is 7.80. The summed E-state index contributed by atoms with van der Waals surface area (Å²) in [7, 11) is 0. The van der Waals surface area contributed by atoms with Gasteiger partial charge in [-0.05, 0) is 30.5 Å². The molecule has 1 unspecified atom stereocenters. The Morgan fingerprint density at radius 3 is 2.57 bits per heavy atom. The van der Waals surface area contributed by atoms with E-state index in [1.54, 1.807) is 12.1 Å². The molecule has 1 aromatic carbocycles. The first-order chi connectivity index (χ1) is 11.0. The Bertz CT molecular complexity index is 635. The second-order valence-electron chi connectivity index (χ2n) is 6.14. The zero-order chi connectivity index (χ0) is 16.8. The molecule has 1 atom stereocenters. The third kappa shape index (κ3) is 5.17. The number of rotatable bonds is 8. The first kappa shape index (κ1) is 17.1. The van der Waals surface area contributed by atoms with Crippen molar-refractivity contribution in [1.29, 1.82) is 0 Å². The summed E-state index contributed by atoms with van der Waals surface area (Å²) in [6.45, 7) is 7.75. The first-order valence-corrected chi connectivity index (χ1v) is 7.80. The zero-order valence-corrected chi connectivity index (χ0v) is 13.8. The molecule has 6 heteroatoms. The van der Waals surface area contributed by atoms with Crippen LogP contribution in [0, 0.1) is 16.0 Å². The van der Waals surface area contributed by atoms with Crippen LogP contribution in [0.5, 0.6) is 0 Å². The lowest BCUT2D eigenvalue weighted by Crippen LogP contribution is -2.16. The Balaban J connectivity index is 1.86. The number of benzene rings is 1. The largest absolute Gasteiger partial charge is 0.373 e. The molecule has 0 spiro atoms. The average Bonchev–Trinajstić information content (AvgIpc) is 2.91. The van der Waals surface area contributed by atoms with Gasteiger partial charge in [-0.25, -0.2) is 4.98 Å². The van der Waals surface area contributed by atoms with Gasteiger partial charge in [-0.1, -0.05) is 13.8 Å². The van der Waals surface area contributed by atoms with E-state index in [2.05, 4.69) is 23.4 Å². The maximum Gasteiger partial charge on any atom is 0.269 e. The number of non-ortho nitro benzene ring substituents is 1. The Morgan fingerprint density at radius 2 is 1.96 bits per heavy atom. The van der Waals surface area contributed by atoms with E-state index < -0.39 is 4.92 Å². The van der Waals surface area contributed by atoms with Crippen LogP contribution < -0.4 is 0 Å². The highest BCUT2D eigenvalue weighted by atomic mass is 16.6. The Kier molecular flexibility index (Phi) is 5.87. The van der Waals surface area contributed by atoms with Crippen molar-refractivity contribution in [1.82, 2.24) is 9.55 Å². The molecule has 0 aliphatic carbocycles. The number of nitro groups is 1. The molecular formula is C17H23N3O3. The van der Waals surface area contributed by atoms with Crippen LogP contribution >= 0.6 is 0 Å². The van der Waals surface area contributed by atoms with Gasteiger partial charge in [0.25, 0.3) is 5.69 Å². The van der Waals surface area contributed by atoms with Crippen LogP contribution in [0.2, 0.25) is 0 Å². The van der Waals surface area contributed by atoms with Gasteiger partial charge in [0.2, 0.25) is 0 Å². The van der Waals surface area contributed by atoms with Crippen LogP contribution in [0.25, 0.3) is 0 Å². The van der Waals surface area contributed by atoms with Crippen LogP contribution in [0.15, 0.2) is 36.7 Å². The summed E-state index contributed by atoms with van der Waals surface area (Å²) in [5.74, 6) is 1.59. The molecule has 0 amide bonds. The summed E-state index contributed by atoms with van der Waals surface area (Å²) in [6, 6.07) is 6.45. The lowest BCUT2D eigenvalue weighted by molar-refractivity contribution is -0.384. The number of nitrogens with zero attached hydrogens (tertiary/aromatic N) is 3. The molecule has 6 nitrogen and oxygen atoms in total. The smallest absolute Gasteiger partial charge is 0.269 e. The summed E-state index contributed by atoms with van der Waals surface area (Å²) >= 11 is 0. The van der Waals surface area contributed by atoms with Crippen LogP contribution in [0.4, 0.5) is 5.69 Å². The number of imidazole rings is 1. The second-order valence-corrected chi connectivity index (χ2v) is 6.14. The maximum absolute atomic E-state index is 10.6. The molecule has 0 saturated carbocycles. The second kappa shape index (κ2) is 7.87. The predicted molar refractivity (Wildman–Crippen MR) is 88.1 cm³/mol. The molecule has 0 bridgehead atoms. The summed E-state index contributed by atoms with van der Waals surface area (Å²) in [5, 5.41) is 10.6. The summed E-state index contributed by atoms with van der Waals surface area (Å²) in [5.41, 5.74) is 1.02. The monoisotopic (exact) mass is 317 g/mol. The SMILES string of the molecule is CC(C)Cn1ccnc1CC(C)OCc1ccc([N+](=O)[O-])cc1. The van der Waals surface area contributed by atoms with Crippen molar-refractivity contribution in [3.63, 3.8) is 0 Å². The van der Waals surface area contributed by atoms with Gasteiger partial charge >= 0.3 is 0 Å². The molecule has 2 aromatic rings. The predicted octanol–water partition coefficient (Wildman–Crippen LogP) is 3.60. The third-order valence-corrected chi connectivity index (χ3v) is 3.52. The van der Waals surface area contributed by atoms with E-state index in [-0.39, 0.29) is 11.8 Å². The molecule has 124 valence electrons. The fourth-order valence-corrected chi connectivity index (χ4v) is 2.36. The third-order valence-electron chi connectivity index (χ3n) is 3.52. The van der Waals surface area contributed by atoms with Crippen LogP contribution in [0.3, 0.4) is 0 Å².